The van der Waals surface area contributed by atoms with Crippen LogP contribution in [0.2, 0.25) is 0 Å². The van der Waals surface area contributed by atoms with E-state index < -0.39 is 5.60 Å². The van der Waals surface area contributed by atoms with Crippen LogP contribution in [-0.4, -0.2) is 49.0 Å². The zero-order chi connectivity index (χ0) is 15.0. The van der Waals surface area contributed by atoms with Gasteiger partial charge in [0.05, 0.1) is 6.04 Å². The molecule has 0 radical (unpaired) electrons. The molecule has 0 spiro atoms. The van der Waals surface area contributed by atoms with Crippen LogP contribution in [0.3, 0.4) is 0 Å². The summed E-state index contributed by atoms with van der Waals surface area (Å²) in [5.41, 5.74) is 0.0787. The van der Waals surface area contributed by atoms with Gasteiger partial charge < -0.3 is 19.9 Å². The predicted molar refractivity (Wildman–Crippen MR) is 83.1 cm³/mol. The molecule has 1 saturated heterocycles. The van der Waals surface area contributed by atoms with Gasteiger partial charge in [-0.25, -0.2) is 0 Å². The highest BCUT2D eigenvalue weighted by atomic mass is 16.7. The number of nitrogens with zero attached hydrogens (tertiary/aromatic N) is 1. The Labute approximate surface area is 130 Å². The first kappa shape index (κ1) is 14.1. The van der Waals surface area contributed by atoms with E-state index in [0.29, 0.717) is 6.42 Å². The van der Waals surface area contributed by atoms with Crippen LogP contribution >= 0.6 is 0 Å². The zero-order valence-corrected chi connectivity index (χ0v) is 12.6. The number of nitrogens with one attached hydrogen (secondary N) is 1. The highest BCUT2D eigenvalue weighted by Gasteiger charge is 2.44. The van der Waals surface area contributed by atoms with Gasteiger partial charge in [-0.3, -0.25) is 4.90 Å². The second-order valence-corrected chi connectivity index (χ2v) is 6.22. The van der Waals surface area contributed by atoms with Crippen LogP contribution < -0.4 is 14.8 Å². The molecule has 3 aliphatic rings. The SMILES string of the molecule is OC1(c2ccc3c(c2)OCO3)CCNCC1N1CC=CCC1. The summed E-state index contributed by atoms with van der Waals surface area (Å²) < 4.78 is 10.9. The van der Waals surface area contributed by atoms with Gasteiger partial charge in [0.15, 0.2) is 11.5 Å². The van der Waals surface area contributed by atoms with E-state index in [1.54, 1.807) is 0 Å². The maximum absolute atomic E-state index is 11.5. The Hall–Kier alpha value is -1.56. The predicted octanol–water partition coefficient (Wildman–Crippen LogP) is 1.23. The van der Waals surface area contributed by atoms with Gasteiger partial charge in [-0.2, -0.15) is 0 Å². The molecule has 0 amide bonds. The summed E-state index contributed by atoms with van der Waals surface area (Å²) in [5, 5.41) is 14.9. The lowest BCUT2D eigenvalue weighted by molar-refractivity contribution is -0.0700. The first-order valence-electron chi connectivity index (χ1n) is 8.00. The molecule has 3 heterocycles. The Morgan fingerprint density at radius 1 is 1.23 bits per heavy atom. The average Bonchev–Trinajstić information content (AvgIpc) is 3.04. The second kappa shape index (κ2) is 5.57. The first-order chi connectivity index (χ1) is 10.8. The Morgan fingerprint density at radius 3 is 3.00 bits per heavy atom. The van der Waals surface area contributed by atoms with Crippen LogP contribution in [0.4, 0.5) is 0 Å². The number of rotatable bonds is 2. The van der Waals surface area contributed by atoms with Crippen LogP contribution in [0.1, 0.15) is 18.4 Å². The molecule has 1 fully saturated rings. The minimum absolute atomic E-state index is 0.0755. The number of aliphatic hydroxyl groups is 1. The van der Waals surface area contributed by atoms with Crippen molar-refractivity contribution in [1.29, 1.82) is 0 Å². The van der Waals surface area contributed by atoms with E-state index in [1.165, 1.54) is 0 Å². The topological polar surface area (TPSA) is 54.0 Å². The third-order valence-electron chi connectivity index (χ3n) is 4.97. The fourth-order valence-electron chi connectivity index (χ4n) is 3.73. The molecule has 2 atom stereocenters. The molecular weight excluding hydrogens is 280 g/mol. The van der Waals surface area contributed by atoms with E-state index >= 15 is 0 Å². The summed E-state index contributed by atoms with van der Waals surface area (Å²) in [6, 6.07) is 5.91. The smallest absolute Gasteiger partial charge is 0.231 e. The Bertz CT molecular complexity index is 589. The van der Waals surface area contributed by atoms with E-state index in [0.717, 1.165) is 49.7 Å². The largest absolute Gasteiger partial charge is 0.454 e. The summed E-state index contributed by atoms with van der Waals surface area (Å²) >= 11 is 0. The molecule has 22 heavy (non-hydrogen) atoms. The Morgan fingerprint density at radius 2 is 2.14 bits per heavy atom. The standard InChI is InChI=1S/C17H22N2O3/c20-17(13-4-5-14-15(10-13)22-12-21-14)6-7-18-11-16(17)19-8-2-1-3-9-19/h1-2,4-5,10,16,18,20H,3,6-9,11-12H2. The molecule has 118 valence electrons. The molecule has 2 unspecified atom stereocenters. The Kier molecular flexibility index (Phi) is 3.56. The molecule has 3 aliphatic heterocycles. The van der Waals surface area contributed by atoms with Crippen molar-refractivity contribution in [2.75, 3.05) is 33.0 Å². The third kappa shape index (κ3) is 2.29. The highest BCUT2D eigenvalue weighted by Crippen LogP contribution is 2.40. The van der Waals surface area contributed by atoms with Gasteiger partial charge in [0.25, 0.3) is 0 Å². The summed E-state index contributed by atoms with van der Waals surface area (Å²) in [7, 11) is 0. The average molecular weight is 302 g/mol. The molecule has 5 nitrogen and oxygen atoms in total. The van der Waals surface area contributed by atoms with Crippen LogP contribution in [0.15, 0.2) is 30.4 Å². The summed E-state index contributed by atoms with van der Waals surface area (Å²) in [4.78, 5) is 2.37. The van der Waals surface area contributed by atoms with Gasteiger partial charge in [0.1, 0.15) is 5.60 Å². The fraction of sp³-hybridized carbons (Fsp3) is 0.529. The van der Waals surface area contributed by atoms with Crippen molar-refractivity contribution in [2.24, 2.45) is 0 Å². The van der Waals surface area contributed by atoms with Crippen LogP contribution in [0.25, 0.3) is 0 Å². The van der Waals surface area contributed by atoms with Gasteiger partial charge in [0.2, 0.25) is 6.79 Å². The lowest BCUT2D eigenvalue weighted by Gasteiger charge is -2.46. The van der Waals surface area contributed by atoms with Crippen molar-refractivity contribution in [2.45, 2.75) is 24.5 Å². The normalized spacial score (nSPS) is 31.4. The molecule has 0 aromatic heterocycles. The summed E-state index contributed by atoms with van der Waals surface area (Å²) in [6.45, 7) is 3.79. The number of ether oxygens (including phenoxy) is 2. The van der Waals surface area contributed by atoms with Gasteiger partial charge >= 0.3 is 0 Å². The van der Waals surface area contributed by atoms with Crippen molar-refractivity contribution in [1.82, 2.24) is 10.2 Å². The van der Waals surface area contributed by atoms with Gasteiger partial charge in [0, 0.05) is 19.6 Å². The first-order valence-corrected chi connectivity index (χ1v) is 8.00. The maximum Gasteiger partial charge on any atom is 0.231 e. The number of hydrogen-bond donors (Lipinski definition) is 2. The third-order valence-corrected chi connectivity index (χ3v) is 4.97. The number of benzene rings is 1. The molecule has 0 aliphatic carbocycles. The quantitative estimate of drug-likeness (QED) is 0.805. The Balaban J connectivity index is 1.67. The van der Waals surface area contributed by atoms with E-state index in [1.807, 2.05) is 18.2 Å². The van der Waals surface area contributed by atoms with Crippen molar-refractivity contribution in [3.8, 4) is 11.5 Å². The summed E-state index contributed by atoms with van der Waals surface area (Å²) in [6.07, 6.45) is 6.16. The lowest BCUT2D eigenvalue weighted by Crippen LogP contribution is -2.60. The summed E-state index contributed by atoms with van der Waals surface area (Å²) in [5.74, 6) is 1.50. The molecule has 5 heteroatoms. The maximum atomic E-state index is 11.5. The minimum Gasteiger partial charge on any atom is -0.454 e. The van der Waals surface area contributed by atoms with Crippen molar-refractivity contribution in [3.05, 3.63) is 35.9 Å². The molecule has 0 bridgehead atoms. The number of hydrogen-bond acceptors (Lipinski definition) is 5. The fourth-order valence-corrected chi connectivity index (χ4v) is 3.73. The van der Waals surface area contributed by atoms with Gasteiger partial charge in [-0.05, 0) is 37.1 Å². The van der Waals surface area contributed by atoms with E-state index in [9.17, 15) is 5.11 Å². The molecule has 0 saturated carbocycles. The van der Waals surface area contributed by atoms with E-state index in [-0.39, 0.29) is 12.8 Å². The van der Waals surface area contributed by atoms with Gasteiger partial charge in [-0.15, -0.1) is 0 Å². The van der Waals surface area contributed by atoms with Crippen LogP contribution in [0.5, 0.6) is 11.5 Å². The van der Waals surface area contributed by atoms with E-state index in [4.69, 9.17) is 9.47 Å². The van der Waals surface area contributed by atoms with E-state index in [2.05, 4.69) is 22.4 Å². The highest BCUT2D eigenvalue weighted by molar-refractivity contribution is 5.46. The molecular formula is C17H22N2O3. The molecule has 2 N–H and O–H groups in total. The zero-order valence-electron chi connectivity index (χ0n) is 12.6. The number of piperidine rings is 1. The minimum atomic E-state index is -0.850. The van der Waals surface area contributed by atoms with Crippen molar-refractivity contribution >= 4 is 0 Å². The molecule has 1 aromatic rings. The molecule has 1 aromatic carbocycles. The van der Waals surface area contributed by atoms with Crippen LogP contribution in [0, 0.1) is 0 Å². The number of fused-ring (bicyclic) bond motifs is 1. The monoisotopic (exact) mass is 302 g/mol. The van der Waals surface area contributed by atoms with Gasteiger partial charge in [-0.1, -0.05) is 18.2 Å². The van der Waals surface area contributed by atoms with Crippen LogP contribution in [-0.2, 0) is 5.60 Å². The lowest BCUT2D eigenvalue weighted by atomic mass is 9.79. The van der Waals surface area contributed by atoms with Crippen molar-refractivity contribution in [3.63, 3.8) is 0 Å². The van der Waals surface area contributed by atoms with Crippen molar-refractivity contribution < 1.29 is 14.6 Å². The molecule has 4 rings (SSSR count). The second-order valence-electron chi connectivity index (χ2n) is 6.22.